The zero-order valence-corrected chi connectivity index (χ0v) is 18.4. The number of benzene rings is 1. The Morgan fingerprint density at radius 1 is 1.09 bits per heavy atom. The van der Waals surface area contributed by atoms with Crippen molar-refractivity contribution in [1.29, 1.82) is 0 Å². The van der Waals surface area contributed by atoms with E-state index >= 15 is 0 Å². The molecule has 1 saturated heterocycles. The zero-order valence-electron chi connectivity index (χ0n) is 18.4. The Morgan fingerprint density at radius 3 is 2.67 bits per heavy atom. The molecular weight excluding hydrogens is 422 g/mol. The molecule has 0 unspecified atom stereocenters. The minimum atomic E-state index is -0.512. The standard InChI is InChI=1S/C25H29N3O5/c29-14-22-25-20(11-18(32-22)12-23(30)27-13-16-5-7-26-8-6-16)19-10-17(3-4-21(19)33-25)28-24(31)9-15-1-2-15/h3-8,10,15,18,20,22,25,29H,1-2,9,11-14H2,(H,27,30)(H,28,31)/t18-,20-,22+,25+/m1/s1. The summed E-state index contributed by atoms with van der Waals surface area (Å²) in [6, 6.07) is 9.39. The van der Waals surface area contributed by atoms with Crippen LogP contribution in [0.1, 0.15) is 49.1 Å². The Hall–Kier alpha value is -2.97. The van der Waals surface area contributed by atoms with Crippen molar-refractivity contribution >= 4 is 17.5 Å². The molecule has 2 amide bonds. The molecule has 4 atom stereocenters. The molecule has 0 radical (unpaired) electrons. The molecule has 1 aromatic heterocycles. The summed E-state index contributed by atoms with van der Waals surface area (Å²) in [5, 5.41) is 15.8. The van der Waals surface area contributed by atoms with E-state index in [4.69, 9.17) is 9.47 Å². The van der Waals surface area contributed by atoms with Gasteiger partial charge in [0, 0.05) is 42.5 Å². The van der Waals surface area contributed by atoms with Gasteiger partial charge in [0.2, 0.25) is 11.8 Å². The third-order valence-corrected chi connectivity index (χ3v) is 6.61. The number of aliphatic hydroxyl groups excluding tert-OH is 1. The molecule has 5 rings (SSSR count). The van der Waals surface area contributed by atoms with Crippen molar-refractivity contribution < 1.29 is 24.2 Å². The highest BCUT2D eigenvalue weighted by atomic mass is 16.6. The maximum absolute atomic E-state index is 12.5. The predicted molar refractivity (Wildman–Crippen MR) is 121 cm³/mol. The van der Waals surface area contributed by atoms with Crippen LogP contribution in [0, 0.1) is 5.92 Å². The molecule has 1 aromatic carbocycles. The van der Waals surface area contributed by atoms with Crippen LogP contribution >= 0.6 is 0 Å². The molecule has 3 N–H and O–H groups in total. The summed E-state index contributed by atoms with van der Waals surface area (Å²) in [6.45, 7) is 0.245. The Kier molecular flexibility index (Phi) is 6.28. The topological polar surface area (TPSA) is 110 Å². The van der Waals surface area contributed by atoms with Gasteiger partial charge in [-0.05, 0) is 61.1 Å². The number of hydrogen-bond acceptors (Lipinski definition) is 6. The van der Waals surface area contributed by atoms with E-state index in [9.17, 15) is 14.7 Å². The first-order chi connectivity index (χ1) is 16.1. The van der Waals surface area contributed by atoms with Gasteiger partial charge in [-0.15, -0.1) is 0 Å². The second-order valence-corrected chi connectivity index (χ2v) is 9.19. The number of pyridine rings is 1. The van der Waals surface area contributed by atoms with Gasteiger partial charge < -0.3 is 25.2 Å². The van der Waals surface area contributed by atoms with Crippen molar-refractivity contribution in [3.8, 4) is 5.75 Å². The number of fused-ring (bicyclic) bond motifs is 3. The average molecular weight is 452 g/mol. The van der Waals surface area contributed by atoms with Crippen LogP contribution in [0.25, 0.3) is 0 Å². The molecule has 8 heteroatoms. The summed E-state index contributed by atoms with van der Waals surface area (Å²) >= 11 is 0. The van der Waals surface area contributed by atoms with E-state index in [0.717, 1.165) is 35.4 Å². The molecule has 1 aliphatic carbocycles. The zero-order chi connectivity index (χ0) is 22.8. The number of carbonyl (C=O) groups excluding carboxylic acids is 2. The summed E-state index contributed by atoms with van der Waals surface area (Å²) in [6.07, 6.45) is 5.88. The lowest BCUT2D eigenvalue weighted by Crippen LogP contribution is -2.47. The maximum Gasteiger partial charge on any atom is 0.224 e. The van der Waals surface area contributed by atoms with Crippen LogP contribution in [0.3, 0.4) is 0 Å². The molecule has 2 fully saturated rings. The van der Waals surface area contributed by atoms with Gasteiger partial charge in [-0.1, -0.05) is 0 Å². The Labute approximate surface area is 192 Å². The third-order valence-electron chi connectivity index (χ3n) is 6.61. The van der Waals surface area contributed by atoms with E-state index in [1.165, 1.54) is 0 Å². The molecule has 3 heterocycles. The number of amides is 2. The largest absolute Gasteiger partial charge is 0.487 e. The van der Waals surface area contributed by atoms with Gasteiger partial charge in [0.1, 0.15) is 18.0 Å². The van der Waals surface area contributed by atoms with E-state index in [0.29, 0.717) is 25.3 Å². The Morgan fingerprint density at radius 2 is 1.91 bits per heavy atom. The number of rotatable bonds is 8. The number of carbonyl (C=O) groups is 2. The quantitative estimate of drug-likeness (QED) is 0.569. The van der Waals surface area contributed by atoms with Gasteiger partial charge in [-0.3, -0.25) is 14.6 Å². The summed E-state index contributed by atoms with van der Waals surface area (Å²) in [7, 11) is 0. The molecule has 174 valence electrons. The fourth-order valence-electron chi connectivity index (χ4n) is 4.74. The van der Waals surface area contributed by atoms with E-state index in [1.807, 2.05) is 30.3 Å². The second kappa shape index (κ2) is 9.49. The normalized spacial score (nSPS) is 25.5. The van der Waals surface area contributed by atoms with Crippen molar-refractivity contribution in [3.63, 3.8) is 0 Å². The van der Waals surface area contributed by atoms with Crippen LogP contribution < -0.4 is 15.4 Å². The van der Waals surface area contributed by atoms with Crippen LogP contribution in [0.5, 0.6) is 5.75 Å². The monoisotopic (exact) mass is 451 g/mol. The highest BCUT2D eigenvalue weighted by Crippen LogP contribution is 2.47. The molecule has 3 aliphatic rings. The Bertz CT molecular complexity index is 1010. The van der Waals surface area contributed by atoms with Crippen molar-refractivity contribution in [2.45, 2.75) is 62.9 Å². The lowest BCUT2D eigenvalue weighted by Gasteiger charge is -2.37. The first kappa shape index (κ1) is 21.9. The van der Waals surface area contributed by atoms with Gasteiger partial charge in [-0.2, -0.15) is 0 Å². The van der Waals surface area contributed by atoms with Crippen molar-refractivity contribution in [3.05, 3.63) is 53.9 Å². The van der Waals surface area contributed by atoms with Gasteiger partial charge in [-0.25, -0.2) is 0 Å². The van der Waals surface area contributed by atoms with E-state index in [1.54, 1.807) is 12.4 Å². The van der Waals surface area contributed by atoms with Gasteiger partial charge in [0.25, 0.3) is 0 Å². The number of aromatic nitrogens is 1. The fraction of sp³-hybridized carbons (Fsp3) is 0.480. The summed E-state index contributed by atoms with van der Waals surface area (Å²) in [4.78, 5) is 28.8. The summed E-state index contributed by atoms with van der Waals surface area (Å²) < 4.78 is 12.1. The number of nitrogens with one attached hydrogen (secondary N) is 2. The van der Waals surface area contributed by atoms with E-state index < -0.39 is 6.10 Å². The number of hydrogen-bond donors (Lipinski definition) is 3. The molecule has 2 aliphatic heterocycles. The number of aliphatic hydroxyl groups is 1. The van der Waals surface area contributed by atoms with Crippen LogP contribution in [0.2, 0.25) is 0 Å². The first-order valence-corrected chi connectivity index (χ1v) is 11.6. The maximum atomic E-state index is 12.5. The number of anilines is 1. The van der Waals surface area contributed by atoms with Crippen LogP contribution in [0.15, 0.2) is 42.7 Å². The molecule has 0 spiro atoms. The average Bonchev–Trinajstić information content (AvgIpc) is 3.56. The smallest absolute Gasteiger partial charge is 0.224 e. The lowest BCUT2D eigenvalue weighted by atomic mass is 9.84. The van der Waals surface area contributed by atoms with Crippen LogP contribution in [-0.2, 0) is 20.9 Å². The van der Waals surface area contributed by atoms with E-state index in [-0.39, 0.29) is 43.0 Å². The van der Waals surface area contributed by atoms with Crippen LogP contribution in [0.4, 0.5) is 5.69 Å². The number of nitrogens with zero attached hydrogens (tertiary/aromatic N) is 1. The molecule has 33 heavy (non-hydrogen) atoms. The van der Waals surface area contributed by atoms with Crippen LogP contribution in [-0.4, -0.2) is 46.8 Å². The first-order valence-electron chi connectivity index (χ1n) is 11.6. The second-order valence-electron chi connectivity index (χ2n) is 9.19. The SMILES string of the molecule is O=C(C[C@H]1C[C@@H]2c3cc(NC(=O)CC4CC4)ccc3O[C@@H]2[C@H](CO)O1)NCc1ccncc1. The molecule has 1 saturated carbocycles. The molecule has 2 aromatic rings. The molecular formula is C25H29N3O5. The highest BCUT2D eigenvalue weighted by molar-refractivity contribution is 5.91. The predicted octanol–water partition coefficient (Wildman–Crippen LogP) is 2.52. The number of ether oxygens (including phenoxy) is 2. The molecule has 8 nitrogen and oxygen atoms in total. The minimum Gasteiger partial charge on any atom is -0.487 e. The summed E-state index contributed by atoms with van der Waals surface area (Å²) in [5.41, 5.74) is 2.72. The Balaban J connectivity index is 1.24. The summed E-state index contributed by atoms with van der Waals surface area (Å²) in [5.74, 6) is 1.20. The van der Waals surface area contributed by atoms with Gasteiger partial charge >= 0.3 is 0 Å². The minimum absolute atomic E-state index is 0.0100. The van der Waals surface area contributed by atoms with Gasteiger partial charge in [0.15, 0.2) is 0 Å². The molecule has 0 bridgehead atoms. The van der Waals surface area contributed by atoms with Crippen molar-refractivity contribution in [2.75, 3.05) is 11.9 Å². The van der Waals surface area contributed by atoms with Gasteiger partial charge in [0.05, 0.1) is 19.1 Å². The fourth-order valence-corrected chi connectivity index (χ4v) is 4.74. The van der Waals surface area contributed by atoms with E-state index in [2.05, 4.69) is 15.6 Å². The lowest BCUT2D eigenvalue weighted by molar-refractivity contribution is -0.142. The third kappa shape index (κ3) is 5.17. The highest BCUT2D eigenvalue weighted by Gasteiger charge is 2.46. The van der Waals surface area contributed by atoms with Crippen molar-refractivity contribution in [1.82, 2.24) is 10.3 Å². The van der Waals surface area contributed by atoms with Crippen molar-refractivity contribution in [2.24, 2.45) is 5.92 Å².